The molecular formula is C23H24N4O4S2. The first-order valence-electron chi connectivity index (χ1n) is 10.5. The van der Waals surface area contributed by atoms with Crippen molar-refractivity contribution in [3.63, 3.8) is 0 Å². The van der Waals surface area contributed by atoms with Crippen LogP contribution in [0, 0.1) is 13.8 Å². The van der Waals surface area contributed by atoms with Gasteiger partial charge in [0.2, 0.25) is 16.9 Å². The van der Waals surface area contributed by atoms with Gasteiger partial charge in [0.25, 0.3) is 0 Å². The van der Waals surface area contributed by atoms with Crippen molar-refractivity contribution < 1.29 is 18.0 Å². The number of aryl methyl sites for hydroxylation is 2. The van der Waals surface area contributed by atoms with E-state index in [1.54, 1.807) is 35.2 Å². The third-order valence-electron chi connectivity index (χ3n) is 5.54. The van der Waals surface area contributed by atoms with Gasteiger partial charge >= 0.3 is 0 Å². The minimum Gasteiger partial charge on any atom is -0.312 e. The lowest BCUT2D eigenvalue weighted by molar-refractivity contribution is -0.117. The van der Waals surface area contributed by atoms with Crippen molar-refractivity contribution in [3.8, 4) is 0 Å². The summed E-state index contributed by atoms with van der Waals surface area (Å²) in [6, 6.07) is 14.6. The number of benzene rings is 2. The van der Waals surface area contributed by atoms with Crippen LogP contribution in [0.15, 0.2) is 48.5 Å². The predicted molar refractivity (Wildman–Crippen MR) is 128 cm³/mol. The Kier molecular flexibility index (Phi) is 6.57. The third kappa shape index (κ3) is 5.63. The van der Waals surface area contributed by atoms with E-state index in [2.05, 4.69) is 15.5 Å². The SMILES string of the molecule is Cc1ccc(N2CC(c3nnc(NC(=O)CS(=O)(=O)Cc4ccccc4)s3)CC2=O)cc1C. The average Bonchev–Trinajstić information content (AvgIpc) is 3.36. The number of nitrogens with one attached hydrogen (secondary N) is 1. The highest BCUT2D eigenvalue weighted by Gasteiger charge is 2.34. The largest absolute Gasteiger partial charge is 0.312 e. The summed E-state index contributed by atoms with van der Waals surface area (Å²) in [6.45, 7) is 4.52. The lowest BCUT2D eigenvalue weighted by Crippen LogP contribution is -2.24. The van der Waals surface area contributed by atoms with E-state index in [4.69, 9.17) is 0 Å². The van der Waals surface area contributed by atoms with Crippen LogP contribution in [0.25, 0.3) is 0 Å². The van der Waals surface area contributed by atoms with E-state index < -0.39 is 21.5 Å². The van der Waals surface area contributed by atoms with Gasteiger partial charge in [-0.3, -0.25) is 14.9 Å². The van der Waals surface area contributed by atoms with Crippen molar-refractivity contribution in [1.29, 1.82) is 0 Å². The summed E-state index contributed by atoms with van der Waals surface area (Å²) >= 11 is 1.17. The predicted octanol–water partition coefficient (Wildman–Crippen LogP) is 3.23. The Hall–Kier alpha value is -3.11. The van der Waals surface area contributed by atoms with Gasteiger partial charge in [0.15, 0.2) is 9.84 Å². The summed E-state index contributed by atoms with van der Waals surface area (Å²) < 4.78 is 24.7. The maximum atomic E-state index is 12.6. The van der Waals surface area contributed by atoms with Crippen LogP contribution in [0.5, 0.6) is 0 Å². The summed E-state index contributed by atoms with van der Waals surface area (Å²) in [5.74, 6) is -1.63. The van der Waals surface area contributed by atoms with Gasteiger partial charge in [0.05, 0.1) is 5.75 Å². The van der Waals surface area contributed by atoms with Crippen LogP contribution in [0.2, 0.25) is 0 Å². The van der Waals surface area contributed by atoms with Crippen molar-refractivity contribution in [2.24, 2.45) is 0 Å². The van der Waals surface area contributed by atoms with Crippen LogP contribution in [0.1, 0.15) is 34.0 Å². The van der Waals surface area contributed by atoms with E-state index in [0.717, 1.165) is 16.8 Å². The molecule has 0 aliphatic carbocycles. The molecule has 8 nitrogen and oxygen atoms in total. The molecule has 172 valence electrons. The highest BCUT2D eigenvalue weighted by atomic mass is 32.2. The molecule has 0 bridgehead atoms. The Morgan fingerprint density at radius 1 is 1.12 bits per heavy atom. The maximum absolute atomic E-state index is 12.6. The number of nitrogens with zero attached hydrogens (tertiary/aromatic N) is 3. The van der Waals surface area contributed by atoms with Gasteiger partial charge in [-0.25, -0.2) is 8.42 Å². The lowest BCUT2D eigenvalue weighted by atomic mass is 10.1. The molecule has 1 saturated heterocycles. The molecule has 1 unspecified atom stereocenters. The zero-order chi connectivity index (χ0) is 23.6. The molecule has 1 aliphatic heterocycles. The molecule has 33 heavy (non-hydrogen) atoms. The maximum Gasteiger partial charge on any atom is 0.241 e. The number of sulfone groups is 1. The second-order valence-corrected chi connectivity index (χ2v) is 11.3. The first-order valence-corrected chi connectivity index (χ1v) is 13.1. The highest BCUT2D eigenvalue weighted by molar-refractivity contribution is 7.91. The molecule has 0 saturated carbocycles. The fraction of sp³-hybridized carbons (Fsp3) is 0.304. The lowest BCUT2D eigenvalue weighted by Gasteiger charge is -2.17. The van der Waals surface area contributed by atoms with E-state index in [0.29, 0.717) is 23.5 Å². The van der Waals surface area contributed by atoms with E-state index in [-0.39, 0.29) is 22.7 Å². The molecule has 2 heterocycles. The van der Waals surface area contributed by atoms with E-state index in [1.807, 2.05) is 32.0 Å². The Morgan fingerprint density at radius 3 is 2.61 bits per heavy atom. The van der Waals surface area contributed by atoms with E-state index in [1.165, 1.54) is 11.3 Å². The minimum atomic E-state index is -3.62. The van der Waals surface area contributed by atoms with Gasteiger partial charge in [0, 0.05) is 24.6 Å². The zero-order valence-electron chi connectivity index (χ0n) is 18.3. The summed E-state index contributed by atoms with van der Waals surface area (Å²) in [6.07, 6.45) is 0.307. The van der Waals surface area contributed by atoms with Gasteiger partial charge in [-0.15, -0.1) is 10.2 Å². The van der Waals surface area contributed by atoms with Gasteiger partial charge < -0.3 is 4.90 Å². The Morgan fingerprint density at radius 2 is 1.88 bits per heavy atom. The van der Waals surface area contributed by atoms with Crippen LogP contribution in [0.4, 0.5) is 10.8 Å². The summed E-state index contributed by atoms with van der Waals surface area (Å²) in [4.78, 5) is 26.6. The molecule has 1 aromatic heterocycles. The summed E-state index contributed by atoms with van der Waals surface area (Å²) in [5, 5.41) is 11.5. The van der Waals surface area contributed by atoms with E-state index >= 15 is 0 Å². The summed E-state index contributed by atoms with van der Waals surface area (Å²) in [5.41, 5.74) is 3.76. The Bertz CT molecular complexity index is 1290. The number of carbonyl (C=O) groups is 2. The van der Waals surface area contributed by atoms with Crippen LogP contribution < -0.4 is 10.2 Å². The van der Waals surface area contributed by atoms with Gasteiger partial charge in [-0.05, 0) is 42.7 Å². The molecule has 0 spiro atoms. The third-order valence-corrected chi connectivity index (χ3v) is 8.02. The Balaban J connectivity index is 1.37. The quantitative estimate of drug-likeness (QED) is 0.551. The van der Waals surface area contributed by atoms with E-state index in [9.17, 15) is 18.0 Å². The van der Waals surface area contributed by atoms with Gasteiger partial charge in [-0.1, -0.05) is 47.7 Å². The number of amides is 2. The number of hydrogen-bond acceptors (Lipinski definition) is 7. The topological polar surface area (TPSA) is 109 Å². The van der Waals surface area contributed by atoms with Crippen molar-refractivity contribution in [2.75, 3.05) is 22.5 Å². The fourth-order valence-corrected chi connectivity index (χ4v) is 5.83. The second kappa shape index (κ2) is 9.40. The molecule has 4 rings (SSSR count). The molecule has 10 heteroatoms. The molecule has 1 N–H and O–H groups in total. The molecular weight excluding hydrogens is 460 g/mol. The second-order valence-electron chi connectivity index (χ2n) is 8.19. The van der Waals surface area contributed by atoms with Crippen molar-refractivity contribution in [1.82, 2.24) is 10.2 Å². The number of carbonyl (C=O) groups excluding carboxylic acids is 2. The molecule has 3 aromatic rings. The molecule has 1 fully saturated rings. The van der Waals surface area contributed by atoms with Gasteiger partial charge in [0.1, 0.15) is 10.8 Å². The first-order chi connectivity index (χ1) is 15.7. The van der Waals surface area contributed by atoms with Crippen LogP contribution >= 0.6 is 11.3 Å². The normalized spacial score (nSPS) is 16.2. The van der Waals surface area contributed by atoms with Crippen LogP contribution in [-0.2, 0) is 25.2 Å². The van der Waals surface area contributed by atoms with Crippen LogP contribution in [-0.4, -0.2) is 42.7 Å². The monoisotopic (exact) mass is 484 g/mol. The molecule has 2 aromatic carbocycles. The van der Waals surface area contributed by atoms with Crippen molar-refractivity contribution in [2.45, 2.75) is 31.9 Å². The number of aromatic nitrogens is 2. The fourth-order valence-electron chi connectivity index (χ4n) is 3.70. The van der Waals surface area contributed by atoms with Gasteiger partial charge in [-0.2, -0.15) is 0 Å². The Labute approximate surface area is 196 Å². The average molecular weight is 485 g/mol. The minimum absolute atomic E-state index is 0.0102. The van der Waals surface area contributed by atoms with Crippen molar-refractivity contribution >= 4 is 43.8 Å². The number of anilines is 2. The summed E-state index contributed by atoms with van der Waals surface area (Å²) in [7, 11) is -3.62. The first kappa shape index (κ1) is 23.1. The molecule has 1 atom stereocenters. The standard InChI is InChI=1S/C23H24N4O4S2/c1-15-8-9-19(10-16(15)2)27-12-18(11-21(27)29)22-25-26-23(32-22)24-20(28)14-33(30,31)13-17-6-4-3-5-7-17/h3-10,18H,11-14H2,1-2H3,(H,24,26,28). The van der Waals surface area contributed by atoms with Crippen LogP contribution in [0.3, 0.4) is 0 Å². The molecule has 2 amide bonds. The molecule has 0 radical (unpaired) electrons. The number of rotatable bonds is 7. The highest BCUT2D eigenvalue weighted by Crippen LogP contribution is 2.34. The van der Waals surface area contributed by atoms with Crippen molar-refractivity contribution in [3.05, 3.63) is 70.2 Å². The molecule has 1 aliphatic rings. The number of hydrogen-bond donors (Lipinski definition) is 1. The zero-order valence-corrected chi connectivity index (χ0v) is 19.9. The smallest absolute Gasteiger partial charge is 0.241 e.